The minimum Gasteiger partial charge on any atom is -0.491 e. The fraction of sp³-hybridized carbons (Fsp3) is 0.383. The molecule has 5 aromatic rings. The molecule has 63 heavy (non-hydrogen) atoms. The standard InChI is InChI=1S/C47H55N3O11S2/c1-34-11-14-41(15-12-34)63(53,54)61-30-28-59-26-24-57-22-20-55-19-21-56-23-25-58-27-29-60-40-9-6-8-37(31-40)32-44(51)48-47-49-45(36(3)62-47)39-13-16-43-38(33-39)17-18-50(43)46(52)42-10-5-4-7-35(42)2/h4-16,31,33H,17-30,32H2,1-3H3,(H,48,49,51). The summed E-state index contributed by atoms with van der Waals surface area (Å²) in [7, 11) is -3.80. The van der Waals surface area contributed by atoms with E-state index in [1.807, 2.05) is 86.3 Å². The van der Waals surface area contributed by atoms with Gasteiger partial charge in [0.25, 0.3) is 16.0 Å². The summed E-state index contributed by atoms with van der Waals surface area (Å²) in [4.78, 5) is 34.1. The Morgan fingerprint density at radius 1 is 0.714 bits per heavy atom. The van der Waals surface area contributed by atoms with Gasteiger partial charge < -0.3 is 38.6 Å². The number of aryl methyl sites for hydroxylation is 3. The lowest BCUT2D eigenvalue weighted by Gasteiger charge is -2.18. The Morgan fingerprint density at radius 3 is 2.02 bits per heavy atom. The van der Waals surface area contributed by atoms with Crippen LogP contribution in [0.15, 0.2) is 95.9 Å². The summed E-state index contributed by atoms with van der Waals surface area (Å²) in [6.45, 7) is 10.4. The van der Waals surface area contributed by atoms with Gasteiger partial charge in [-0.15, -0.1) is 11.3 Å². The third-order valence-electron chi connectivity index (χ3n) is 9.94. The van der Waals surface area contributed by atoms with Crippen molar-refractivity contribution in [3.63, 3.8) is 0 Å². The molecular formula is C47H55N3O11S2. The molecule has 6 rings (SSSR count). The maximum Gasteiger partial charge on any atom is 0.297 e. The number of ether oxygens (including phenoxy) is 6. The first-order valence-electron chi connectivity index (χ1n) is 20.9. The van der Waals surface area contributed by atoms with Gasteiger partial charge in [-0.1, -0.05) is 54.1 Å². The fourth-order valence-corrected chi connectivity index (χ4v) is 8.45. The Balaban J connectivity index is 0.777. The maximum absolute atomic E-state index is 13.3. The highest BCUT2D eigenvalue weighted by atomic mass is 32.2. The van der Waals surface area contributed by atoms with Crippen LogP contribution >= 0.6 is 11.3 Å². The van der Waals surface area contributed by atoms with Crippen molar-refractivity contribution in [2.24, 2.45) is 0 Å². The highest BCUT2D eigenvalue weighted by Crippen LogP contribution is 2.36. The molecule has 0 fully saturated rings. The molecular weight excluding hydrogens is 847 g/mol. The number of benzene rings is 4. The molecule has 0 radical (unpaired) electrons. The number of carbonyl (C=O) groups excluding carboxylic acids is 2. The van der Waals surface area contributed by atoms with Gasteiger partial charge in [0.2, 0.25) is 5.91 Å². The molecule has 16 heteroatoms. The third kappa shape index (κ3) is 14.5. The van der Waals surface area contributed by atoms with Crippen LogP contribution in [0.25, 0.3) is 11.3 Å². The van der Waals surface area contributed by atoms with Gasteiger partial charge in [0.1, 0.15) is 12.4 Å². The predicted octanol–water partition coefficient (Wildman–Crippen LogP) is 6.99. The predicted molar refractivity (Wildman–Crippen MR) is 242 cm³/mol. The van der Waals surface area contributed by atoms with Gasteiger partial charge in [-0.3, -0.25) is 13.8 Å². The molecule has 0 atom stereocenters. The first kappa shape index (κ1) is 47.4. The molecule has 2 heterocycles. The maximum atomic E-state index is 13.3. The number of nitrogens with zero attached hydrogens (tertiary/aromatic N) is 2. The van der Waals surface area contributed by atoms with E-state index in [1.54, 1.807) is 12.1 Å². The van der Waals surface area contributed by atoms with Crippen molar-refractivity contribution in [3.05, 3.63) is 124 Å². The van der Waals surface area contributed by atoms with E-state index in [0.717, 1.165) is 50.5 Å². The molecule has 2 amide bonds. The van der Waals surface area contributed by atoms with Crippen LogP contribution in [0.1, 0.15) is 37.5 Å². The van der Waals surface area contributed by atoms with Crippen LogP contribution in [-0.2, 0) is 55.6 Å². The molecule has 0 saturated carbocycles. The Bertz CT molecular complexity index is 2370. The summed E-state index contributed by atoms with van der Waals surface area (Å²) in [5, 5.41) is 3.49. The van der Waals surface area contributed by atoms with Gasteiger partial charge in [-0.2, -0.15) is 8.42 Å². The quantitative estimate of drug-likeness (QED) is 0.0449. The first-order valence-corrected chi connectivity index (χ1v) is 23.1. The van der Waals surface area contributed by atoms with E-state index in [9.17, 15) is 18.0 Å². The number of hydrogen-bond acceptors (Lipinski definition) is 13. The molecule has 1 N–H and O–H groups in total. The lowest BCUT2D eigenvalue weighted by atomic mass is 10.0. The lowest BCUT2D eigenvalue weighted by molar-refractivity contribution is -0.115. The lowest BCUT2D eigenvalue weighted by Crippen LogP contribution is -2.29. The van der Waals surface area contributed by atoms with Crippen LogP contribution in [0.4, 0.5) is 10.8 Å². The second-order valence-corrected chi connectivity index (χ2v) is 17.5. The molecule has 14 nitrogen and oxygen atoms in total. The molecule has 1 aromatic heterocycles. The van der Waals surface area contributed by atoms with Crippen molar-refractivity contribution in [2.45, 2.75) is 38.5 Å². The van der Waals surface area contributed by atoms with Crippen molar-refractivity contribution in [2.75, 3.05) is 96.0 Å². The van der Waals surface area contributed by atoms with Crippen LogP contribution in [0, 0.1) is 20.8 Å². The summed E-state index contributed by atoms with van der Waals surface area (Å²) < 4.78 is 62.6. The number of fused-ring (bicyclic) bond motifs is 1. The Morgan fingerprint density at radius 2 is 1.35 bits per heavy atom. The number of anilines is 2. The van der Waals surface area contributed by atoms with Crippen LogP contribution in [0.5, 0.6) is 5.75 Å². The monoisotopic (exact) mass is 901 g/mol. The van der Waals surface area contributed by atoms with Crippen LogP contribution in [-0.4, -0.2) is 111 Å². The summed E-state index contributed by atoms with van der Waals surface area (Å²) >= 11 is 1.43. The van der Waals surface area contributed by atoms with E-state index < -0.39 is 10.1 Å². The molecule has 1 aliphatic heterocycles. The largest absolute Gasteiger partial charge is 0.491 e. The molecule has 0 bridgehead atoms. The zero-order valence-corrected chi connectivity index (χ0v) is 37.6. The summed E-state index contributed by atoms with van der Waals surface area (Å²) in [5.74, 6) is 0.483. The number of rotatable bonds is 26. The Labute approximate surface area is 373 Å². The summed E-state index contributed by atoms with van der Waals surface area (Å²) in [5.41, 5.74) is 7.25. The first-order chi connectivity index (χ1) is 30.6. The van der Waals surface area contributed by atoms with Crippen molar-refractivity contribution in [1.82, 2.24) is 4.98 Å². The van der Waals surface area contributed by atoms with E-state index in [-0.39, 0.29) is 36.3 Å². The Hall–Kier alpha value is -5.04. The minimum atomic E-state index is -3.80. The van der Waals surface area contributed by atoms with Crippen LogP contribution in [0.3, 0.4) is 0 Å². The van der Waals surface area contributed by atoms with Crippen molar-refractivity contribution in [3.8, 4) is 17.0 Å². The zero-order chi connectivity index (χ0) is 44.4. The van der Waals surface area contributed by atoms with Gasteiger partial charge in [0.15, 0.2) is 5.13 Å². The summed E-state index contributed by atoms with van der Waals surface area (Å²) in [6, 6.07) is 27.6. The second-order valence-electron chi connectivity index (χ2n) is 14.7. The molecule has 0 spiro atoms. The average Bonchev–Trinajstić information content (AvgIpc) is 3.86. The molecule has 336 valence electrons. The fourth-order valence-electron chi connectivity index (χ4n) is 6.71. The van der Waals surface area contributed by atoms with E-state index >= 15 is 0 Å². The number of nitrogens with one attached hydrogen (secondary N) is 1. The van der Waals surface area contributed by atoms with E-state index in [0.29, 0.717) is 89.1 Å². The normalized spacial score (nSPS) is 12.4. The smallest absolute Gasteiger partial charge is 0.297 e. The molecule has 0 unspecified atom stereocenters. The van der Waals surface area contributed by atoms with Crippen LogP contribution in [0.2, 0.25) is 0 Å². The minimum absolute atomic E-state index is 0.0113. The second kappa shape index (κ2) is 24.1. The Kier molecular flexibility index (Phi) is 18.2. The number of thiazole rings is 1. The molecule has 0 saturated heterocycles. The highest BCUT2D eigenvalue weighted by molar-refractivity contribution is 7.86. The molecule has 0 aliphatic carbocycles. The van der Waals surface area contributed by atoms with Gasteiger partial charge in [0, 0.05) is 28.2 Å². The van der Waals surface area contributed by atoms with E-state index in [1.165, 1.54) is 23.5 Å². The van der Waals surface area contributed by atoms with Gasteiger partial charge in [0.05, 0.1) is 89.7 Å². The number of hydrogen-bond donors (Lipinski definition) is 1. The third-order valence-corrected chi connectivity index (χ3v) is 12.1. The average molecular weight is 902 g/mol. The summed E-state index contributed by atoms with van der Waals surface area (Å²) in [6.07, 6.45) is 0.932. The van der Waals surface area contributed by atoms with Crippen molar-refractivity contribution >= 4 is 44.1 Å². The highest BCUT2D eigenvalue weighted by Gasteiger charge is 2.27. The zero-order valence-electron chi connectivity index (χ0n) is 36.0. The van der Waals surface area contributed by atoms with E-state index in [2.05, 4.69) is 11.4 Å². The number of carbonyl (C=O) groups is 2. The molecule has 4 aromatic carbocycles. The molecule has 1 aliphatic rings. The van der Waals surface area contributed by atoms with Crippen molar-refractivity contribution < 1.29 is 50.6 Å². The topological polar surface area (TPSA) is 161 Å². The SMILES string of the molecule is Cc1ccc(S(=O)(=O)OCCOCCOCCOCCOCCOCCOc2cccc(CC(=O)Nc3nc(-c4ccc5c(c4)CCN5C(=O)c4ccccc4C)c(C)s3)c2)cc1. The van der Waals surface area contributed by atoms with Gasteiger partial charge in [-0.05, 0) is 86.3 Å². The number of amides is 2. The van der Waals surface area contributed by atoms with Gasteiger partial charge >= 0.3 is 0 Å². The number of aromatic nitrogens is 1. The van der Waals surface area contributed by atoms with Crippen LogP contribution < -0.4 is 15.0 Å². The van der Waals surface area contributed by atoms with Crippen molar-refractivity contribution in [1.29, 1.82) is 0 Å². The van der Waals surface area contributed by atoms with E-state index in [4.69, 9.17) is 37.6 Å². The van der Waals surface area contributed by atoms with Gasteiger partial charge in [-0.25, -0.2) is 4.98 Å².